The summed E-state index contributed by atoms with van der Waals surface area (Å²) in [6, 6.07) is 6.45. The van der Waals surface area contributed by atoms with Gasteiger partial charge in [0.2, 0.25) is 0 Å². The van der Waals surface area contributed by atoms with Gasteiger partial charge in [0.1, 0.15) is 12.5 Å². The zero-order chi connectivity index (χ0) is 12.7. The molecule has 0 bridgehead atoms. The van der Waals surface area contributed by atoms with Crippen molar-refractivity contribution < 1.29 is 0 Å². The highest BCUT2D eigenvalue weighted by molar-refractivity contribution is 6.04. The van der Waals surface area contributed by atoms with Gasteiger partial charge in [-0.25, -0.2) is 4.68 Å². The van der Waals surface area contributed by atoms with E-state index in [1.54, 1.807) is 0 Å². The summed E-state index contributed by atoms with van der Waals surface area (Å²) in [4.78, 5) is 4.37. The number of aromatic nitrogens is 2. The first kappa shape index (κ1) is 11.0. The second kappa shape index (κ2) is 3.98. The van der Waals surface area contributed by atoms with E-state index in [9.17, 15) is 0 Å². The van der Waals surface area contributed by atoms with Gasteiger partial charge in [-0.05, 0) is 44.0 Å². The van der Waals surface area contributed by atoms with E-state index in [4.69, 9.17) is 0 Å². The fourth-order valence-electron chi connectivity index (χ4n) is 2.37. The minimum atomic E-state index is 0.620. The number of fused-ring (bicyclic) bond motifs is 1. The maximum atomic E-state index is 4.47. The molecule has 0 amide bonds. The molecule has 4 nitrogen and oxygen atoms in total. The third kappa shape index (κ3) is 1.70. The number of aliphatic imine (C=N–C) groups is 1. The molecule has 0 unspecified atom stereocenters. The van der Waals surface area contributed by atoms with Crippen molar-refractivity contribution in [3.05, 3.63) is 41.1 Å². The Labute approximate surface area is 106 Å². The number of hydrogen-bond donors (Lipinski definition) is 1. The van der Waals surface area contributed by atoms with Gasteiger partial charge in [-0.15, -0.1) is 0 Å². The standard InChI is InChI=1S/C14H16N4/c1-9-4-10(2)6-12(5-9)18-14-13(7-17-18)11(3)15-8-16-14/h4-7,16H,8H2,1-3H3. The van der Waals surface area contributed by atoms with Gasteiger partial charge >= 0.3 is 0 Å². The molecule has 0 aliphatic carbocycles. The van der Waals surface area contributed by atoms with Gasteiger partial charge in [0.05, 0.1) is 17.4 Å². The van der Waals surface area contributed by atoms with Crippen molar-refractivity contribution >= 4 is 11.5 Å². The molecule has 18 heavy (non-hydrogen) atoms. The Hall–Kier alpha value is -2.10. The summed E-state index contributed by atoms with van der Waals surface area (Å²) in [5.74, 6) is 1.03. The number of rotatable bonds is 1. The Bertz CT molecular complexity index is 617. The second-order valence-electron chi connectivity index (χ2n) is 4.74. The van der Waals surface area contributed by atoms with E-state index in [2.05, 4.69) is 47.5 Å². The average Bonchev–Trinajstić information content (AvgIpc) is 2.73. The van der Waals surface area contributed by atoms with Crippen molar-refractivity contribution in [2.24, 2.45) is 4.99 Å². The van der Waals surface area contributed by atoms with Crippen LogP contribution in [0.15, 0.2) is 29.4 Å². The lowest BCUT2D eigenvalue weighted by molar-refractivity contribution is 0.872. The molecule has 92 valence electrons. The largest absolute Gasteiger partial charge is 0.350 e. The Morgan fingerprint density at radius 2 is 1.83 bits per heavy atom. The van der Waals surface area contributed by atoms with E-state index in [1.807, 2.05) is 17.8 Å². The van der Waals surface area contributed by atoms with E-state index in [0.29, 0.717) is 6.67 Å². The van der Waals surface area contributed by atoms with Crippen LogP contribution in [0.4, 0.5) is 5.82 Å². The molecule has 4 heteroatoms. The lowest BCUT2D eigenvalue weighted by atomic mass is 10.1. The summed E-state index contributed by atoms with van der Waals surface area (Å²) < 4.78 is 1.95. The van der Waals surface area contributed by atoms with Crippen LogP contribution in [-0.4, -0.2) is 22.2 Å². The molecule has 1 aromatic heterocycles. The topological polar surface area (TPSA) is 42.2 Å². The zero-order valence-electron chi connectivity index (χ0n) is 10.9. The summed E-state index contributed by atoms with van der Waals surface area (Å²) in [5, 5.41) is 7.77. The van der Waals surface area contributed by atoms with E-state index in [-0.39, 0.29) is 0 Å². The Balaban J connectivity index is 2.16. The monoisotopic (exact) mass is 240 g/mol. The van der Waals surface area contributed by atoms with Gasteiger partial charge in [-0.2, -0.15) is 5.10 Å². The zero-order valence-corrected chi connectivity index (χ0v) is 10.9. The summed E-state index contributed by atoms with van der Waals surface area (Å²) >= 11 is 0. The molecule has 0 atom stereocenters. The van der Waals surface area contributed by atoms with Gasteiger partial charge in [0.25, 0.3) is 0 Å². The maximum absolute atomic E-state index is 4.47. The molecule has 3 rings (SSSR count). The van der Waals surface area contributed by atoms with Crippen LogP contribution in [0.1, 0.15) is 23.6 Å². The number of nitrogens with zero attached hydrogens (tertiary/aromatic N) is 3. The van der Waals surface area contributed by atoms with Gasteiger partial charge in [0.15, 0.2) is 0 Å². The lowest BCUT2D eigenvalue weighted by Crippen LogP contribution is -2.15. The van der Waals surface area contributed by atoms with Crippen LogP contribution >= 0.6 is 0 Å². The van der Waals surface area contributed by atoms with Crippen molar-refractivity contribution in [1.82, 2.24) is 9.78 Å². The van der Waals surface area contributed by atoms with Gasteiger partial charge in [-0.1, -0.05) is 6.07 Å². The van der Waals surface area contributed by atoms with Crippen LogP contribution in [0.3, 0.4) is 0 Å². The van der Waals surface area contributed by atoms with E-state index in [1.165, 1.54) is 11.1 Å². The molecule has 0 radical (unpaired) electrons. The Morgan fingerprint density at radius 3 is 2.56 bits per heavy atom. The van der Waals surface area contributed by atoms with Crippen molar-refractivity contribution in [2.45, 2.75) is 20.8 Å². The minimum absolute atomic E-state index is 0.620. The SMILES string of the molecule is CC1=NCNc2c1cnn2-c1cc(C)cc(C)c1. The van der Waals surface area contributed by atoms with Crippen LogP contribution in [0.2, 0.25) is 0 Å². The van der Waals surface area contributed by atoms with Gasteiger partial charge < -0.3 is 5.32 Å². The molecule has 0 saturated heterocycles. The molecule has 0 spiro atoms. The molecule has 1 aliphatic rings. The van der Waals surface area contributed by atoms with E-state index < -0.39 is 0 Å². The summed E-state index contributed by atoms with van der Waals surface area (Å²) in [6.45, 7) is 6.85. The van der Waals surface area contributed by atoms with Crippen molar-refractivity contribution in [3.8, 4) is 5.69 Å². The quantitative estimate of drug-likeness (QED) is 0.832. The molecule has 0 fully saturated rings. The Morgan fingerprint density at radius 1 is 1.11 bits per heavy atom. The van der Waals surface area contributed by atoms with Crippen LogP contribution in [0.25, 0.3) is 5.69 Å². The highest BCUT2D eigenvalue weighted by Crippen LogP contribution is 2.24. The van der Waals surface area contributed by atoms with Gasteiger partial charge in [0, 0.05) is 5.71 Å². The third-order valence-electron chi connectivity index (χ3n) is 3.17. The van der Waals surface area contributed by atoms with E-state index in [0.717, 1.165) is 22.8 Å². The first-order chi connectivity index (χ1) is 8.65. The lowest BCUT2D eigenvalue weighted by Gasteiger charge is -2.15. The van der Waals surface area contributed by atoms with Crippen LogP contribution < -0.4 is 5.32 Å². The number of nitrogens with one attached hydrogen (secondary N) is 1. The number of aryl methyl sites for hydroxylation is 2. The fraction of sp³-hybridized carbons (Fsp3) is 0.286. The van der Waals surface area contributed by atoms with E-state index >= 15 is 0 Å². The summed E-state index contributed by atoms with van der Waals surface area (Å²) in [6.07, 6.45) is 1.87. The molecule has 2 heterocycles. The van der Waals surface area contributed by atoms with Gasteiger partial charge in [-0.3, -0.25) is 4.99 Å². The van der Waals surface area contributed by atoms with Crippen LogP contribution in [0, 0.1) is 13.8 Å². The van der Waals surface area contributed by atoms with Crippen molar-refractivity contribution in [1.29, 1.82) is 0 Å². The third-order valence-corrected chi connectivity index (χ3v) is 3.17. The second-order valence-corrected chi connectivity index (χ2v) is 4.74. The smallest absolute Gasteiger partial charge is 0.140 e. The predicted octanol–water partition coefficient (Wildman–Crippen LogP) is 2.68. The van der Waals surface area contributed by atoms with Crippen molar-refractivity contribution in [2.75, 3.05) is 12.0 Å². The summed E-state index contributed by atoms with van der Waals surface area (Å²) in [7, 11) is 0. The minimum Gasteiger partial charge on any atom is -0.350 e. The molecule has 1 N–H and O–H groups in total. The van der Waals surface area contributed by atoms with Crippen molar-refractivity contribution in [3.63, 3.8) is 0 Å². The molecular formula is C14H16N4. The van der Waals surface area contributed by atoms with Crippen LogP contribution in [0.5, 0.6) is 0 Å². The predicted molar refractivity (Wildman–Crippen MR) is 73.7 cm³/mol. The molecular weight excluding hydrogens is 224 g/mol. The molecule has 2 aromatic rings. The first-order valence-corrected chi connectivity index (χ1v) is 6.07. The highest BCUT2D eigenvalue weighted by Gasteiger charge is 2.17. The average molecular weight is 240 g/mol. The normalized spacial score (nSPS) is 13.8. The number of hydrogen-bond acceptors (Lipinski definition) is 3. The maximum Gasteiger partial charge on any atom is 0.140 e. The Kier molecular flexibility index (Phi) is 2.44. The fourth-order valence-corrected chi connectivity index (χ4v) is 2.37. The van der Waals surface area contributed by atoms with Crippen LogP contribution in [-0.2, 0) is 0 Å². The molecule has 1 aliphatic heterocycles. The first-order valence-electron chi connectivity index (χ1n) is 6.07. The summed E-state index contributed by atoms with van der Waals surface area (Å²) in [5.41, 5.74) is 5.71. The highest BCUT2D eigenvalue weighted by atomic mass is 15.3. The molecule has 0 saturated carbocycles. The number of benzene rings is 1. The number of anilines is 1. The molecule has 1 aromatic carbocycles.